The van der Waals surface area contributed by atoms with Gasteiger partial charge >= 0.3 is 10.8 Å². The summed E-state index contributed by atoms with van der Waals surface area (Å²) < 4.78 is 17.6. The van der Waals surface area contributed by atoms with Crippen molar-refractivity contribution in [2.24, 2.45) is 0 Å². The molecule has 138 valence electrons. The maximum atomic E-state index is 11.5. The van der Waals surface area contributed by atoms with Crippen molar-refractivity contribution in [3.63, 3.8) is 0 Å². The van der Waals surface area contributed by atoms with Crippen LogP contribution in [0, 0.1) is 20.8 Å². The number of methoxy groups -OCH3 is 1. The molecule has 8 nitrogen and oxygen atoms in total. The van der Waals surface area contributed by atoms with Crippen LogP contribution < -0.4 is 16.1 Å². The highest BCUT2D eigenvalue weighted by molar-refractivity contribution is 7.14. The third-order valence-electron chi connectivity index (χ3n) is 4.09. The Hall–Kier alpha value is -2.52. The Balaban J connectivity index is 2.10. The standard InChI is InChI=1S/C17H21N4O4S/c1-9-13(5-6-23-4)26-16(14-10(2)24-17(22)25-14)21(9)8-12-7-19-11(3)20-15(12)18/h7H,5-6,8H2,1-4H3,(H2,18,19,20)/q+1. The van der Waals surface area contributed by atoms with E-state index in [1.807, 2.05) is 11.5 Å². The van der Waals surface area contributed by atoms with Crippen LogP contribution in [-0.2, 0) is 17.7 Å². The quantitative estimate of drug-likeness (QED) is 0.652. The van der Waals surface area contributed by atoms with E-state index in [0.717, 1.165) is 27.6 Å². The first-order chi connectivity index (χ1) is 12.4. The fourth-order valence-electron chi connectivity index (χ4n) is 2.68. The summed E-state index contributed by atoms with van der Waals surface area (Å²) in [5.74, 6) is 1.21. The van der Waals surface area contributed by atoms with Crippen molar-refractivity contribution >= 4 is 17.2 Å². The second-order valence-electron chi connectivity index (χ2n) is 5.91. The summed E-state index contributed by atoms with van der Waals surface area (Å²) in [5.41, 5.74) is 7.90. The van der Waals surface area contributed by atoms with E-state index in [2.05, 4.69) is 9.97 Å². The van der Waals surface area contributed by atoms with E-state index in [9.17, 15) is 4.79 Å². The molecule has 0 saturated carbocycles. The Bertz CT molecular complexity index is 989. The number of hydrogen-bond acceptors (Lipinski definition) is 8. The Labute approximate surface area is 154 Å². The second kappa shape index (κ2) is 7.38. The summed E-state index contributed by atoms with van der Waals surface area (Å²) in [6, 6.07) is 0. The van der Waals surface area contributed by atoms with Crippen LogP contribution >= 0.6 is 11.3 Å². The van der Waals surface area contributed by atoms with E-state index < -0.39 is 5.82 Å². The number of nitrogens with two attached hydrogens (primary N) is 1. The number of anilines is 1. The summed E-state index contributed by atoms with van der Waals surface area (Å²) in [7, 11) is 1.67. The van der Waals surface area contributed by atoms with Gasteiger partial charge in [-0.05, 0) is 13.8 Å². The number of hydrogen-bond donors (Lipinski definition) is 1. The molecule has 0 unspecified atom stereocenters. The highest BCUT2D eigenvalue weighted by atomic mass is 32.1. The number of rotatable bonds is 6. The maximum Gasteiger partial charge on any atom is 0.519 e. The minimum absolute atomic E-state index is 0.429. The molecule has 3 aromatic rings. The molecule has 0 fully saturated rings. The van der Waals surface area contributed by atoms with Crippen LogP contribution in [0.15, 0.2) is 19.8 Å². The van der Waals surface area contributed by atoms with Crippen molar-refractivity contribution in [2.75, 3.05) is 19.5 Å². The largest absolute Gasteiger partial charge is 0.519 e. The van der Waals surface area contributed by atoms with Gasteiger partial charge in [0.05, 0.1) is 17.0 Å². The fraction of sp³-hybridized carbons (Fsp3) is 0.412. The number of ether oxygens (including phenoxy) is 1. The van der Waals surface area contributed by atoms with E-state index in [1.54, 1.807) is 38.5 Å². The maximum absolute atomic E-state index is 11.5. The molecule has 0 saturated heterocycles. The first kappa shape index (κ1) is 18.3. The molecular weight excluding hydrogens is 356 g/mol. The van der Waals surface area contributed by atoms with E-state index in [4.69, 9.17) is 19.3 Å². The predicted molar refractivity (Wildman–Crippen MR) is 96.1 cm³/mol. The number of thiazole rings is 1. The molecule has 0 aliphatic rings. The summed E-state index contributed by atoms with van der Waals surface area (Å²) >= 11 is 1.54. The third-order valence-corrected chi connectivity index (χ3v) is 5.43. The normalized spacial score (nSPS) is 11.2. The second-order valence-corrected chi connectivity index (χ2v) is 7.00. The molecule has 3 heterocycles. The van der Waals surface area contributed by atoms with Gasteiger partial charge in [0.15, 0.2) is 18.0 Å². The molecular formula is C17H21N4O4S+. The molecule has 2 N–H and O–H groups in total. The van der Waals surface area contributed by atoms with Gasteiger partial charge in [0.2, 0.25) is 0 Å². The average molecular weight is 377 g/mol. The van der Waals surface area contributed by atoms with Crippen molar-refractivity contribution in [1.29, 1.82) is 0 Å². The van der Waals surface area contributed by atoms with Crippen LogP contribution in [0.5, 0.6) is 0 Å². The SMILES string of the molecule is COCCc1sc(-c2oc(=O)oc2C)[n+](Cc2cnc(C)nc2N)c1C. The van der Waals surface area contributed by atoms with Crippen LogP contribution in [0.1, 0.15) is 27.7 Å². The van der Waals surface area contributed by atoms with E-state index in [-0.39, 0.29) is 0 Å². The first-order valence-corrected chi connectivity index (χ1v) is 8.92. The van der Waals surface area contributed by atoms with Gasteiger partial charge in [-0.3, -0.25) is 0 Å². The lowest BCUT2D eigenvalue weighted by atomic mass is 10.2. The summed E-state index contributed by atoms with van der Waals surface area (Å²) in [5, 5.41) is 0.789. The lowest BCUT2D eigenvalue weighted by molar-refractivity contribution is -0.679. The topological polar surface area (TPSA) is 108 Å². The van der Waals surface area contributed by atoms with Crippen LogP contribution in [0.3, 0.4) is 0 Å². The minimum atomic E-state index is -0.716. The fourth-order valence-corrected chi connectivity index (χ4v) is 3.95. The van der Waals surface area contributed by atoms with Crippen molar-refractivity contribution in [2.45, 2.75) is 33.7 Å². The number of aryl methyl sites for hydroxylation is 2. The van der Waals surface area contributed by atoms with Gasteiger partial charge in [0.1, 0.15) is 11.6 Å². The molecule has 0 spiro atoms. The van der Waals surface area contributed by atoms with Gasteiger partial charge in [-0.15, -0.1) is 0 Å². The van der Waals surface area contributed by atoms with Gasteiger partial charge in [0.25, 0.3) is 5.76 Å². The van der Waals surface area contributed by atoms with Crippen LogP contribution in [0.25, 0.3) is 10.8 Å². The van der Waals surface area contributed by atoms with Gasteiger partial charge < -0.3 is 19.3 Å². The number of aromatic nitrogens is 3. The van der Waals surface area contributed by atoms with Gasteiger partial charge in [0, 0.05) is 26.7 Å². The molecule has 3 rings (SSSR count). The molecule has 0 aromatic carbocycles. The lowest BCUT2D eigenvalue weighted by Crippen LogP contribution is -2.38. The molecule has 0 aliphatic carbocycles. The van der Waals surface area contributed by atoms with Crippen molar-refractivity contribution in [3.05, 3.63) is 44.5 Å². The van der Waals surface area contributed by atoms with Crippen molar-refractivity contribution < 1.29 is 18.1 Å². The molecule has 0 aliphatic heterocycles. The van der Waals surface area contributed by atoms with Gasteiger partial charge in [-0.2, -0.15) is 4.57 Å². The zero-order valence-electron chi connectivity index (χ0n) is 15.2. The number of nitrogens with zero attached hydrogens (tertiary/aromatic N) is 3. The van der Waals surface area contributed by atoms with E-state index in [0.29, 0.717) is 36.3 Å². The average Bonchev–Trinajstić information content (AvgIpc) is 3.07. The summed E-state index contributed by atoms with van der Waals surface area (Å²) in [6.07, 6.45) is 2.48. The van der Waals surface area contributed by atoms with Crippen LogP contribution in [-0.4, -0.2) is 23.7 Å². The molecule has 9 heteroatoms. The molecule has 0 bridgehead atoms. The minimum Gasteiger partial charge on any atom is -0.395 e. The Kier molecular flexibility index (Phi) is 5.19. The monoisotopic (exact) mass is 377 g/mol. The highest BCUT2D eigenvalue weighted by Gasteiger charge is 2.30. The van der Waals surface area contributed by atoms with E-state index in [1.165, 1.54) is 0 Å². The van der Waals surface area contributed by atoms with Crippen LogP contribution in [0.2, 0.25) is 0 Å². The third kappa shape index (κ3) is 3.54. The number of nitrogen functional groups attached to an aromatic ring is 1. The molecule has 0 amide bonds. The zero-order chi connectivity index (χ0) is 18.8. The lowest BCUT2D eigenvalue weighted by Gasteiger charge is -2.03. The molecule has 0 radical (unpaired) electrons. The highest BCUT2D eigenvalue weighted by Crippen LogP contribution is 2.29. The molecule has 26 heavy (non-hydrogen) atoms. The smallest absolute Gasteiger partial charge is 0.395 e. The first-order valence-electron chi connectivity index (χ1n) is 8.10. The predicted octanol–water partition coefficient (Wildman–Crippen LogP) is 1.78. The Morgan fingerprint density at radius 2 is 2.08 bits per heavy atom. The van der Waals surface area contributed by atoms with Crippen molar-refractivity contribution in [1.82, 2.24) is 9.97 Å². The Morgan fingerprint density at radius 3 is 2.69 bits per heavy atom. The Morgan fingerprint density at radius 1 is 1.31 bits per heavy atom. The summed E-state index contributed by atoms with van der Waals surface area (Å²) in [6.45, 7) is 6.58. The zero-order valence-corrected chi connectivity index (χ0v) is 16.0. The van der Waals surface area contributed by atoms with Crippen molar-refractivity contribution in [3.8, 4) is 10.8 Å². The van der Waals surface area contributed by atoms with E-state index >= 15 is 0 Å². The van der Waals surface area contributed by atoms with Gasteiger partial charge in [-0.1, -0.05) is 11.3 Å². The van der Waals surface area contributed by atoms with Gasteiger partial charge in [-0.25, -0.2) is 14.8 Å². The molecule has 3 aromatic heterocycles. The molecule has 0 atom stereocenters. The van der Waals surface area contributed by atoms with Crippen LogP contribution in [0.4, 0.5) is 5.82 Å². The summed E-state index contributed by atoms with van der Waals surface area (Å²) in [4.78, 5) is 21.1.